The van der Waals surface area contributed by atoms with Crippen LogP contribution >= 0.6 is 11.3 Å². The quantitative estimate of drug-likeness (QED) is 0.494. The number of hydrogen-bond acceptors (Lipinski definition) is 7. The van der Waals surface area contributed by atoms with E-state index in [1.807, 2.05) is 30.5 Å². The number of ether oxygens (including phenoxy) is 1. The fourth-order valence-corrected chi connectivity index (χ4v) is 5.02. The zero-order valence-corrected chi connectivity index (χ0v) is 16.6. The summed E-state index contributed by atoms with van der Waals surface area (Å²) in [6, 6.07) is 10.5. The average Bonchev–Trinajstić information content (AvgIpc) is 3.45. The number of rotatable bonds is 4. The van der Waals surface area contributed by atoms with Gasteiger partial charge in [-0.15, -0.1) is 0 Å². The lowest BCUT2D eigenvalue weighted by Crippen LogP contribution is -2.48. The molecule has 0 radical (unpaired) electrons. The van der Waals surface area contributed by atoms with Gasteiger partial charge in [-0.05, 0) is 36.9 Å². The first kappa shape index (κ1) is 17.0. The molecule has 2 aliphatic rings. The molecular weight excluding hydrogens is 384 g/mol. The Kier molecular flexibility index (Phi) is 4.02. The molecule has 1 saturated heterocycles. The van der Waals surface area contributed by atoms with Crippen LogP contribution in [-0.2, 0) is 6.54 Å². The van der Waals surface area contributed by atoms with Crippen molar-refractivity contribution in [2.75, 3.05) is 19.6 Å². The summed E-state index contributed by atoms with van der Waals surface area (Å²) in [5.41, 5.74) is 2.79. The molecule has 5 heterocycles. The standard InChI is InChI=1S/C22H20N4O2S/c1-4-20-21(23-7-1)24-22(29-20)28-17-5-6-18-15(14-27-19(18)11-17)12-25-9-10-26-8-2-3-16(26)13-25/h1-2,4-8,11,14,16H,3,9-10,12-13H2. The van der Waals surface area contributed by atoms with Crippen molar-refractivity contribution < 1.29 is 9.15 Å². The molecule has 2 aliphatic heterocycles. The lowest BCUT2D eigenvalue weighted by molar-refractivity contribution is 0.117. The van der Waals surface area contributed by atoms with Crippen molar-refractivity contribution in [2.45, 2.75) is 19.0 Å². The number of pyridine rings is 1. The monoisotopic (exact) mass is 404 g/mol. The van der Waals surface area contributed by atoms with Crippen molar-refractivity contribution in [3.8, 4) is 10.9 Å². The molecule has 3 aromatic heterocycles. The van der Waals surface area contributed by atoms with Crippen LogP contribution in [0.25, 0.3) is 21.3 Å². The van der Waals surface area contributed by atoms with Gasteiger partial charge in [0.2, 0.25) is 0 Å². The number of furan rings is 1. The van der Waals surface area contributed by atoms with Gasteiger partial charge in [0.1, 0.15) is 11.3 Å². The van der Waals surface area contributed by atoms with Gasteiger partial charge in [0, 0.05) is 55.4 Å². The van der Waals surface area contributed by atoms with Gasteiger partial charge in [-0.3, -0.25) is 4.90 Å². The molecular formula is C22H20N4O2S. The van der Waals surface area contributed by atoms with Crippen molar-refractivity contribution >= 4 is 32.7 Å². The van der Waals surface area contributed by atoms with Crippen molar-refractivity contribution in [3.05, 3.63) is 60.6 Å². The lowest BCUT2D eigenvalue weighted by Gasteiger charge is -2.38. The number of fused-ring (bicyclic) bond motifs is 3. The minimum atomic E-state index is 0.591. The summed E-state index contributed by atoms with van der Waals surface area (Å²) in [6.07, 6.45) is 9.31. The third kappa shape index (κ3) is 3.16. The Labute approximate surface area is 172 Å². The number of benzene rings is 1. The number of piperazine rings is 1. The van der Waals surface area contributed by atoms with Gasteiger partial charge < -0.3 is 14.1 Å². The molecule has 6 nitrogen and oxygen atoms in total. The zero-order chi connectivity index (χ0) is 19.2. The highest BCUT2D eigenvalue weighted by molar-refractivity contribution is 7.20. The van der Waals surface area contributed by atoms with Gasteiger partial charge in [-0.25, -0.2) is 4.98 Å². The molecule has 29 heavy (non-hydrogen) atoms. The predicted molar refractivity (Wildman–Crippen MR) is 113 cm³/mol. The van der Waals surface area contributed by atoms with Crippen molar-refractivity contribution in [3.63, 3.8) is 0 Å². The van der Waals surface area contributed by atoms with Crippen LogP contribution in [0.3, 0.4) is 0 Å². The first-order valence-corrected chi connectivity index (χ1v) is 10.7. The van der Waals surface area contributed by atoms with Crippen molar-refractivity contribution in [2.24, 2.45) is 0 Å². The third-order valence-electron chi connectivity index (χ3n) is 5.69. The van der Waals surface area contributed by atoms with E-state index >= 15 is 0 Å². The second-order valence-corrected chi connectivity index (χ2v) is 8.57. The Morgan fingerprint density at radius 3 is 3.21 bits per heavy atom. The van der Waals surface area contributed by atoms with E-state index < -0.39 is 0 Å². The summed E-state index contributed by atoms with van der Waals surface area (Å²) < 4.78 is 12.8. The minimum absolute atomic E-state index is 0.591. The van der Waals surface area contributed by atoms with Crippen LogP contribution in [0.4, 0.5) is 0 Å². The second-order valence-electron chi connectivity index (χ2n) is 7.57. The Morgan fingerprint density at radius 1 is 1.24 bits per heavy atom. The largest absolute Gasteiger partial charge is 0.464 e. The van der Waals surface area contributed by atoms with E-state index in [-0.39, 0.29) is 0 Å². The van der Waals surface area contributed by atoms with E-state index in [1.54, 1.807) is 6.20 Å². The topological polar surface area (TPSA) is 54.6 Å². The number of hydrogen-bond donors (Lipinski definition) is 0. The summed E-state index contributed by atoms with van der Waals surface area (Å²) in [4.78, 5) is 13.7. The first-order valence-electron chi connectivity index (χ1n) is 9.86. The smallest absolute Gasteiger partial charge is 0.281 e. The van der Waals surface area contributed by atoms with E-state index in [0.29, 0.717) is 16.9 Å². The maximum Gasteiger partial charge on any atom is 0.281 e. The molecule has 146 valence electrons. The summed E-state index contributed by atoms with van der Waals surface area (Å²) in [5.74, 6) is 0.725. The molecule has 1 fully saturated rings. The molecule has 1 aromatic carbocycles. The molecule has 6 rings (SSSR count). The molecule has 0 aliphatic carbocycles. The van der Waals surface area contributed by atoms with Crippen LogP contribution < -0.4 is 4.74 Å². The summed E-state index contributed by atoms with van der Waals surface area (Å²) in [6.45, 7) is 4.21. The summed E-state index contributed by atoms with van der Waals surface area (Å²) in [5, 5.41) is 1.74. The molecule has 0 spiro atoms. The van der Waals surface area contributed by atoms with Gasteiger partial charge in [0.05, 0.1) is 11.0 Å². The van der Waals surface area contributed by atoms with E-state index in [2.05, 4.69) is 38.1 Å². The Hall–Kier alpha value is -2.90. The Bertz CT molecular complexity index is 1180. The average molecular weight is 404 g/mol. The molecule has 0 bridgehead atoms. The Balaban J connectivity index is 1.20. The lowest BCUT2D eigenvalue weighted by atomic mass is 10.1. The molecule has 0 amide bonds. The van der Waals surface area contributed by atoms with Crippen LogP contribution in [0.2, 0.25) is 0 Å². The van der Waals surface area contributed by atoms with Crippen LogP contribution in [0.5, 0.6) is 10.9 Å². The van der Waals surface area contributed by atoms with Gasteiger partial charge >= 0.3 is 0 Å². The SMILES string of the molecule is C1=CN2CCN(Cc3coc4cc(Oc5nc6ncccc6s5)ccc34)CC2C1. The van der Waals surface area contributed by atoms with Crippen LogP contribution in [-0.4, -0.2) is 45.4 Å². The maximum atomic E-state index is 5.96. The summed E-state index contributed by atoms with van der Waals surface area (Å²) in [7, 11) is 0. The number of thiazole rings is 1. The normalized spacial score (nSPS) is 19.3. The molecule has 7 heteroatoms. The molecule has 0 saturated carbocycles. The Morgan fingerprint density at radius 2 is 2.24 bits per heavy atom. The highest BCUT2D eigenvalue weighted by Crippen LogP contribution is 2.33. The predicted octanol–water partition coefficient (Wildman–Crippen LogP) is 4.63. The van der Waals surface area contributed by atoms with Crippen molar-refractivity contribution in [1.82, 2.24) is 19.8 Å². The minimum Gasteiger partial charge on any atom is -0.464 e. The summed E-state index contributed by atoms with van der Waals surface area (Å²) >= 11 is 1.49. The fraction of sp³-hybridized carbons (Fsp3) is 0.273. The number of aromatic nitrogens is 2. The van der Waals surface area contributed by atoms with E-state index in [1.165, 1.54) is 16.9 Å². The van der Waals surface area contributed by atoms with Gasteiger partial charge in [0.25, 0.3) is 5.19 Å². The maximum absolute atomic E-state index is 5.96. The van der Waals surface area contributed by atoms with E-state index in [4.69, 9.17) is 9.15 Å². The fourth-order valence-electron chi connectivity index (χ4n) is 4.22. The van der Waals surface area contributed by atoms with Crippen LogP contribution in [0, 0.1) is 0 Å². The highest BCUT2D eigenvalue weighted by atomic mass is 32.1. The molecule has 4 aromatic rings. The van der Waals surface area contributed by atoms with Crippen LogP contribution in [0.15, 0.2) is 59.5 Å². The molecule has 1 atom stereocenters. The van der Waals surface area contributed by atoms with Gasteiger partial charge in [-0.2, -0.15) is 4.98 Å². The first-order chi connectivity index (χ1) is 14.3. The zero-order valence-electron chi connectivity index (χ0n) is 15.8. The third-order valence-corrected chi connectivity index (χ3v) is 6.58. The van der Waals surface area contributed by atoms with E-state index in [0.717, 1.165) is 54.0 Å². The highest BCUT2D eigenvalue weighted by Gasteiger charge is 2.27. The van der Waals surface area contributed by atoms with Gasteiger partial charge in [0.15, 0.2) is 5.65 Å². The van der Waals surface area contributed by atoms with E-state index in [9.17, 15) is 0 Å². The van der Waals surface area contributed by atoms with Crippen molar-refractivity contribution in [1.29, 1.82) is 0 Å². The molecule has 1 unspecified atom stereocenters. The number of nitrogens with zero attached hydrogens (tertiary/aromatic N) is 4. The molecule has 0 N–H and O–H groups in total. The van der Waals surface area contributed by atoms with Crippen LogP contribution in [0.1, 0.15) is 12.0 Å². The van der Waals surface area contributed by atoms with Gasteiger partial charge in [-0.1, -0.05) is 17.4 Å². The second kappa shape index (κ2) is 6.86.